The summed E-state index contributed by atoms with van der Waals surface area (Å²) in [6, 6.07) is 0. The smallest absolute Gasteiger partial charge is 0.0797 e. The molecule has 1 unspecified atom stereocenters. The predicted octanol–water partition coefficient (Wildman–Crippen LogP) is 3.14. The molecule has 0 radical (unpaired) electrons. The molecule has 0 bridgehead atoms. The standard InChI is InChI=1S/C11H22O/c1-6-11(5,12)9-7-8-10(2,3)4/h6,12H,1,7-9H2,2-5H3. The number of rotatable bonds is 4. The lowest BCUT2D eigenvalue weighted by Gasteiger charge is -2.22. The van der Waals surface area contributed by atoms with E-state index >= 15 is 0 Å². The molecule has 0 heterocycles. The molecule has 1 N–H and O–H groups in total. The van der Waals surface area contributed by atoms with Crippen molar-refractivity contribution >= 4 is 0 Å². The fourth-order valence-electron chi connectivity index (χ4n) is 1.08. The molecule has 0 aliphatic carbocycles. The van der Waals surface area contributed by atoms with Crippen LogP contribution in [0.4, 0.5) is 0 Å². The highest BCUT2D eigenvalue weighted by Gasteiger charge is 2.17. The normalized spacial score (nSPS) is 17.1. The van der Waals surface area contributed by atoms with Crippen LogP contribution in [0.5, 0.6) is 0 Å². The van der Waals surface area contributed by atoms with Crippen molar-refractivity contribution in [1.82, 2.24) is 0 Å². The lowest BCUT2D eigenvalue weighted by molar-refractivity contribution is 0.0955. The molecule has 1 atom stereocenters. The maximum absolute atomic E-state index is 9.60. The first-order valence-corrected chi connectivity index (χ1v) is 4.63. The van der Waals surface area contributed by atoms with Crippen LogP contribution in [0.25, 0.3) is 0 Å². The SMILES string of the molecule is C=CC(C)(O)CCCC(C)(C)C. The van der Waals surface area contributed by atoms with Crippen molar-refractivity contribution in [2.24, 2.45) is 5.41 Å². The molecule has 0 spiro atoms. The molecule has 0 saturated heterocycles. The van der Waals surface area contributed by atoms with Crippen LogP contribution >= 0.6 is 0 Å². The second-order valence-corrected chi connectivity index (χ2v) is 4.98. The molecule has 0 aliphatic rings. The van der Waals surface area contributed by atoms with Crippen LogP contribution < -0.4 is 0 Å². The zero-order chi connectivity index (χ0) is 9.83. The van der Waals surface area contributed by atoms with Crippen LogP contribution in [0.15, 0.2) is 12.7 Å². The summed E-state index contributed by atoms with van der Waals surface area (Å²) in [6.45, 7) is 12.1. The Hall–Kier alpha value is -0.300. The third-order valence-corrected chi connectivity index (χ3v) is 2.05. The highest BCUT2D eigenvalue weighted by molar-refractivity contribution is 4.91. The van der Waals surface area contributed by atoms with Gasteiger partial charge in [0.15, 0.2) is 0 Å². The highest BCUT2D eigenvalue weighted by atomic mass is 16.3. The summed E-state index contributed by atoms with van der Waals surface area (Å²) in [5.41, 5.74) is -0.303. The monoisotopic (exact) mass is 170 g/mol. The van der Waals surface area contributed by atoms with E-state index in [1.807, 2.05) is 6.92 Å². The van der Waals surface area contributed by atoms with E-state index in [2.05, 4.69) is 27.4 Å². The van der Waals surface area contributed by atoms with E-state index in [0.717, 1.165) is 19.3 Å². The van der Waals surface area contributed by atoms with E-state index in [9.17, 15) is 5.11 Å². The Morgan fingerprint density at radius 1 is 1.17 bits per heavy atom. The fourth-order valence-corrected chi connectivity index (χ4v) is 1.08. The Balaban J connectivity index is 3.64. The fraction of sp³-hybridized carbons (Fsp3) is 0.818. The van der Waals surface area contributed by atoms with E-state index in [1.54, 1.807) is 6.08 Å². The largest absolute Gasteiger partial charge is 0.386 e. The molecule has 0 saturated carbocycles. The summed E-state index contributed by atoms with van der Waals surface area (Å²) in [5, 5.41) is 9.60. The summed E-state index contributed by atoms with van der Waals surface area (Å²) >= 11 is 0. The van der Waals surface area contributed by atoms with Gasteiger partial charge < -0.3 is 5.11 Å². The first-order chi connectivity index (χ1) is 5.27. The van der Waals surface area contributed by atoms with Gasteiger partial charge in [0.1, 0.15) is 0 Å². The van der Waals surface area contributed by atoms with Crippen LogP contribution in [0.1, 0.15) is 47.0 Å². The lowest BCUT2D eigenvalue weighted by atomic mass is 9.87. The molecule has 1 nitrogen and oxygen atoms in total. The third-order valence-electron chi connectivity index (χ3n) is 2.05. The molecule has 0 amide bonds. The average Bonchev–Trinajstić information content (AvgIpc) is 1.84. The maximum atomic E-state index is 9.60. The van der Waals surface area contributed by atoms with Gasteiger partial charge in [-0.05, 0) is 31.6 Å². The Morgan fingerprint density at radius 2 is 1.67 bits per heavy atom. The van der Waals surface area contributed by atoms with Crippen LogP contribution in [0.2, 0.25) is 0 Å². The summed E-state index contributed by atoms with van der Waals surface area (Å²) in [7, 11) is 0. The van der Waals surface area contributed by atoms with Crippen LogP contribution in [-0.2, 0) is 0 Å². The zero-order valence-corrected chi connectivity index (χ0v) is 8.85. The predicted molar refractivity (Wildman–Crippen MR) is 54.1 cm³/mol. The van der Waals surface area contributed by atoms with E-state index < -0.39 is 5.60 Å². The van der Waals surface area contributed by atoms with Crippen molar-refractivity contribution in [3.63, 3.8) is 0 Å². The van der Waals surface area contributed by atoms with Gasteiger partial charge in [-0.2, -0.15) is 0 Å². The molecule has 12 heavy (non-hydrogen) atoms. The van der Waals surface area contributed by atoms with Crippen molar-refractivity contribution in [3.05, 3.63) is 12.7 Å². The van der Waals surface area contributed by atoms with Gasteiger partial charge in [0.25, 0.3) is 0 Å². The molecule has 0 aromatic carbocycles. The van der Waals surface area contributed by atoms with Gasteiger partial charge in [-0.1, -0.05) is 26.8 Å². The van der Waals surface area contributed by atoms with Gasteiger partial charge in [0, 0.05) is 0 Å². The first kappa shape index (κ1) is 11.7. The Bertz CT molecular complexity index is 140. The van der Waals surface area contributed by atoms with Crippen LogP contribution in [-0.4, -0.2) is 10.7 Å². The molecule has 1 heteroatoms. The van der Waals surface area contributed by atoms with Crippen LogP contribution in [0, 0.1) is 5.41 Å². The lowest BCUT2D eigenvalue weighted by Crippen LogP contribution is -2.20. The quantitative estimate of drug-likeness (QED) is 0.643. The number of aliphatic hydroxyl groups is 1. The Morgan fingerprint density at radius 3 is 2.00 bits per heavy atom. The van der Waals surface area contributed by atoms with E-state index in [0.29, 0.717) is 5.41 Å². The molecular formula is C11H22O. The zero-order valence-electron chi connectivity index (χ0n) is 8.85. The maximum Gasteiger partial charge on any atom is 0.0797 e. The minimum Gasteiger partial charge on any atom is -0.386 e. The molecule has 0 aromatic heterocycles. The molecule has 0 fully saturated rings. The number of hydrogen-bond acceptors (Lipinski definition) is 1. The van der Waals surface area contributed by atoms with E-state index in [-0.39, 0.29) is 0 Å². The summed E-state index contributed by atoms with van der Waals surface area (Å²) in [6.07, 6.45) is 4.64. The minimum absolute atomic E-state index is 0.372. The Labute approximate surface area is 76.5 Å². The van der Waals surface area contributed by atoms with Gasteiger partial charge in [-0.25, -0.2) is 0 Å². The van der Waals surface area contributed by atoms with Crippen molar-refractivity contribution < 1.29 is 5.11 Å². The minimum atomic E-state index is -0.675. The van der Waals surface area contributed by atoms with E-state index in [4.69, 9.17) is 0 Å². The van der Waals surface area contributed by atoms with Gasteiger partial charge >= 0.3 is 0 Å². The second-order valence-electron chi connectivity index (χ2n) is 4.98. The van der Waals surface area contributed by atoms with Crippen molar-refractivity contribution in [2.45, 2.75) is 52.6 Å². The average molecular weight is 170 g/mol. The highest BCUT2D eigenvalue weighted by Crippen LogP contribution is 2.24. The van der Waals surface area contributed by atoms with Gasteiger partial charge in [-0.3, -0.25) is 0 Å². The summed E-state index contributed by atoms with van der Waals surface area (Å²) in [5.74, 6) is 0. The van der Waals surface area contributed by atoms with Crippen molar-refractivity contribution in [2.75, 3.05) is 0 Å². The molecule has 0 aliphatic heterocycles. The van der Waals surface area contributed by atoms with Gasteiger partial charge in [0.2, 0.25) is 0 Å². The first-order valence-electron chi connectivity index (χ1n) is 4.63. The summed E-state index contributed by atoms with van der Waals surface area (Å²) in [4.78, 5) is 0. The third kappa shape index (κ3) is 6.41. The van der Waals surface area contributed by atoms with Gasteiger partial charge in [0.05, 0.1) is 5.60 Å². The van der Waals surface area contributed by atoms with Crippen molar-refractivity contribution in [3.8, 4) is 0 Å². The van der Waals surface area contributed by atoms with Crippen LogP contribution in [0.3, 0.4) is 0 Å². The number of hydrogen-bond donors (Lipinski definition) is 1. The molecule has 72 valence electrons. The summed E-state index contributed by atoms with van der Waals surface area (Å²) < 4.78 is 0. The van der Waals surface area contributed by atoms with Gasteiger partial charge in [-0.15, -0.1) is 6.58 Å². The Kier molecular flexibility index (Phi) is 3.98. The topological polar surface area (TPSA) is 20.2 Å². The molecule has 0 aromatic rings. The molecule has 0 rings (SSSR count). The molecular weight excluding hydrogens is 148 g/mol. The van der Waals surface area contributed by atoms with Crippen molar-refractivity contribution in [1.29, 1.82) is 0 Å². The second kappa shape index (κ2) is 4.08. The van der Waals surface area contributed by atoms with E-state index in [1.165, 1.54) is 0 Å².